The zero-order chi connectivity index (χ0) is 9.35. The van der Waals surface area contributed by atoms with Crippen LogP contribution in [0.2, 0.25) is 0 Å². The average molecular weight is 178 g/mol. The second kappa shape index (κ2) is 2.50. The van der Waals surface area contributed by atoms with Gasteiger partial charge >= 0.3 is 12.2 Å². The number of aliphatic imine (C=N–C) groups is 2. The second-order valence-corrected chi connectivity index (χ2v) is 1.86. The van der Waals surface area contributed by atoms with Crippen LogP contribution in [-0.4, -0.2) is 29.9 Å². The third kappa shape index (κ3) is 1.55. The maximum atomic E-state index is 11.8. The normalized spacial score (nSPS) is 18.1. The summed E-state index contributed by atoms with van der Waals surface area (Å²) in [6, 6.07) is -1.32. The summed E-state index contributed by atoms with van der Waals surface area (Å²) in [6.07, 6.45) is -4.59. The molecular formula is C5HF3N2O2. The number of alkyl halides is 3. The number of amides is 2. The Hall–Kier alpha value is -1.53. The minimum Gasteiger partial charge on any atom is -0.286 e. The Bertz CT molecular complexity index is 302. The molecule has 1 heterocycles. The summed E-state index contributed by atoms with van der Waals surface area (Å²) in [7, 11) is 0. The number of hydrogen-bond acceptors (Lipinski definition) is 2. The van der Waals surface area contributed by atoms with Gasteiger partial charge in [-0.25, -0.2) is 4.79 Å². The van der Waals surface area contributed by atoms with Crippen LogP contribution in [0.5, 0.6) is 0 Å². The lowest BCUT2D eigenvalue weighted by Crippen LogP contribution is -2.34. The monoisotopic (exact) mass is 178 g/mol. The molecule has 7 heteroatoms. The van der Waals surface area contributed by atoms with Gasteiger partial charge in [0.15, 0.2) is 5.71 Å². The number of nitrogens with zero attached hydrogens (tertiary/aromatic N) is 2. The molecule has 0 aromatic heterocycles. The predicted molar refractivity (Wildman–Crippen MR) is 32.4 cm³/mol. The number of halogens is 3. The summed E-state index contributed by atoms with van der Waals surface area (Å²) < 4.78 is 35.4. The molecule has 12 heavy (non-hydrogen) atoms. The molecule has 0 bridgehead atoms. The van der Waals surface area contributed by atoms with Crippen molar-refractivity contribution in [3.05, 3.63) is 0 Å². The number of urea groups is 1. The molecule has 0 aromatic carbocycles. The highest BCUT2D eigenvalue weighted by molar-refractivity contribution is 6.64. The van der Waals surface area contributed by atoms with Crippen LogP contribution in [0.15, 0.2) is 9.98 Å². The van der Waals surface area contributed by atoms with Crippen LogP contribution in [0.4, 0.5) is 18.0 Å². The number of ketones is 1. The molecular weight excluding hydrogens is 177 g/mol. The number of rotatable bonds is 0. The number of hydrogen-bond donors (Lipinski definition) is 0. The molecule has 0 fully saturated rings. The molecule has 0 spiro atoms. The highest BCUT2D eigenvalue weighted by Crippen LogP contribution is 2.19. The van der Waals surface area contributed by atoms with E-state index in [1.54, 1.807) is 0 Å². The van der Waals surface area contributed by atoms with Crippen molar-refractivity contribution in [2.45, 2.75) is 6.18 Å². The first kappa shape index (κ1) is 8.57. The van der Waals surface area contributed by atoms with Gasteiger partial charge in [-0.2, -0.15) is 23.2 Å². The summed E-state index contributed by atoms with van der Waals surface area (Å²) in [6.45, 7) is 0. The van der Waals surface area contributed by atoms with Crippen molar-refractivity contribution in [2.75, 3.05) is 0 Å². The standard InChI is InChI=1S/C5HF3N2O2/c6-5(7,8)3-2(11)1-9-4(12)10-3/h1H. The lowest BCUT2D eigenvalue weighted by atomic mass is 10.2. The van der Waals surface area contributed by atoms with E-state index in [0.29, 0.717) is 6.21 Å². The van der Waals surface area contributed by atoms with Crippen molar-refractivity contribution >= 4 is 23.7 Å². The molecule has 0 saturated heterocycles. The largest absolute Gasteiger partial charge is 0.437 e. The minimum atomic E-state index is -4.89. The third-order valence-electron chi connectivity index (χ3n) is 1.00. The van der Waals surface area contributed by atoms with Gasteiger partial charge in [-0.05, 0) is 0 Å². The van der Waals surface area contributed by atoms with Crippen LogP contribution in [-0.2, 0) is 4.79 Å². The molecule has 0 atom stereocenters. The first-order valence-corrected chi connectivity index (χ1v) is 2.69. The summed E-state index contributed by atoms with van der Waals surface area (Å²) in [5, 5.41) is 0. The summed E-state index contributed by atoms with van der Waals surface area (Å²) in [5.74, 6) is -1.40. The number of Topliss-reactive ketones (excluding diaryl/α,β-unsaturated/α-hetero) is 1. The Morgan fingerprint density at radius 2 is 1.83 bits per heavy atom. The van der Waals surface area contributed by atoms with Crippen molar-refractivity contribution in [2.24, 2.45) is 9.98 Å². The maximum absolute atomic E-state index is 11.8. The number of carbonyl (C=O) groups excluding carboxylic acids is 2. The maximum Gasteiger partial charge on any atom is 0.437 e. The van der Waals surface area contributed by atoms with Crippen molar-refractivity contribution in [3.8, 4) is 0 Å². The van der Waals surface area contributed by atoms with E-state index in [0.717, 1.165) is 0 Å². The van der Waals surface area contributed by atoms with Crippen LogP contribution in [0.1, 0.15) is 0 Å². The van der Waals surface area contributed by atoms with Crippen LogP contribution >= 0.6 is 0 Å². The molecule has 0 N–H and O–H groups in total. The fraction of sp³-hybridized carbons (Fsp3) is 0.200. The Morgan fingerprint density at radius 3 is 2.25 bits per heavy atom. The summed E-state index contributed by atoms with van der Waals surface area (Å²) >= 11 is 0. The molecule has 0 aliphatic carbocycles. The summed E-state index contributed by atoms with van der Waals surface area (Å²) in [5.41, 5.74) is -1.72. The molecule has 0 radical (unpaired) electrons. The number of carbonyl (C=O) groups is 2. The van der Waals surface area contributed by atoms with E-state index in [2.05, 4.69) is 9.98 Å². The van der Waals surface area contributed by atoms with E-state index in [4.69, 9.17) is 0 Å². The Morgan fingerprint density at radius 1 is 1.25 bits per heavy atom. The highest BCUT2D eigenvalue weighted by Gasteiger charge is 2.41. The Labute approximate surface area is 63.8 Å². The van der Waals surface area contributed by atoms with Crippen molar-refractivity contribution in [3.63, 3.8) is 0 Å². The Kier molecular flexibility index (Phi) is 1.79. The predicted octanol–water partition coefficient (Wildman–Crippen LogP) is 0.763. The lowest BCUT2D eigenvalue weighted by molar-refractivity contribution is -0.111. The van der Waals surface area contributed by atoms with Gasteiger partial charge in [-0.1, -0.05) is 0 Å². The van der Waals surface area contributed by atoms with E-state index in [-0.39, 0.29) is 0 Å². The van der Waals surface area contributed by atoms with Gasteiger partial charge in [0.05, 0.1) is 6.21 Å². The van der Waals surface area contributed by atoms with E-state index >= 15 is 0 Å². The zero-order valence-corrected chi connectivity index (χ0v) is 5.42. The van der Waals surface area contributed by atoms with Gasteiger partial charge < -0.3 is 0 Å². The fourth-order valence-corrected chi connectivity index (χ4v) is 0.558. The van der Waals surface area contributed by atoms with Crippen LogP contribution in [0.3, 0.4) is 0 Å². The van der Waals surface area contributed by atoms with Gasteiger partial charge in [0.1, 0.15) is 0 Å². The van der Waals surface area contributed by atoms with Crippen molar-refractivity contribution in [1.29, 1.82) is 0 Å². The smallest absolute Gasteiger partial charge is 0.286 e. The van der Waals surface area contributed by atoms with E-state index in [1.807, 2.05) is 0 Å². The zero-order valence-electron chi connectivity index (χ0n) is 5.42. The third-order valence-corrected chi connectivity index (χ3v) is 1.00. The van der Waals surface area contributed by atoms with Gasteiger partial charge in [0.2, 0.25) is 5.78 Å². The van der Waals surface area contributed by atoms with Crippen LogP contribution < -0.4 is 0 Å². The van der Waals surface area contributed by atoms with Gasteiger partial charge in [0, 0.05) is 0 Å². The summed E-state index contributed by atoms with van der Waals surface area (Å²) in [4.78, 5) is 25.9. The molecule has 2 amide bonds. The van der Waals surface area contributed by atoms with Crippen molar-refractivity contribution < 1.29 is 22.8 Å². The Balaban J connectivity index is 3.05. The van der Waals surface area contributed by atoms with Gasteiger partial charge in [-0.3, -0.25) is 4.79 Å². The first-order chi connectivity index (χ1) is 5.41. The molecule has 4 nitrogen and oxygen atoms in total. The van der Waals surface area contributed by atoms with Crippen LogP contribution in [0.25, 0.3) is 0 Å². The van der Waals surface area contributed by atoms with E-state index in [1.165, 1.54) is 0 Å². The van der Waals surface area contributed by atoms with Gasteiger partial charge in [0.25, 0.3) is 0 Å². The molecule has 0 saturated carbocycles. The fourth-order valence-electron chi connectivity index (χ4n) is 0.558. The first-order valence-electron chi connectivity index (χ1n) is 2.69. The second-order valence-electron chi connectivity index (χ2n) is 1.86. The quantitative estimate of drug-likeness (QED) is 0.549. The van der Waals surface area contributed by atoms with E-state index in [9.17, 15) is 22.8 Å². The van der Waals surface area contributed by atoms with Gasteiger partial charge in [-0.15, -0.1) is 0 Å². The SMILES string of the molecule is O=C1N=CC(=O)C(C(F)(F)F)=N1. The molecule has 0 unspecified atom stereocenters. The highest BCUT2D eigenvalue weighted by atomic mass is 19.4. The molecule has 0 aromatic rings. The molecule has 1 aliphatic heterocycles. The van der Waals surface area contributed by atoms with Crippen LogP contribution in [0, 0.1) is 0 Å². The van der Waals surface area contributed by atoms with Crippen molar-refractivity contribution in [1.82, 2.24) is 0 Å². The topological polar surface area (TPSA) is 58.9 Å². The average Bonchev–Trinajstić information content (AvgIpc) is 1.92. The molecule has 1 rings (SSSR count). The molecule has 64 valence electrons. The lowest BCUT2D eigenvalue weighted by Gasteiger charge is -2.07. The minimum absolute atomic E-state index is 0.304. The van der Waals surface area contributed by atoms with E-state index < -0.39 is 23.7 Å². The molecule has 1 aliphatic rings.